The summed E-state index contributed by atoms with van der Waals surface area (Å²) in [7, 11) is 1.00. The molecule has 2 unspecified atom stereocenters. The quantitative estimate of drug-likeness (QED) is 0.617. The fraction of sp³-hybridized carbons (Fsp3) is 1.00. The van der Waals surface area contributed by atoms with Crippen molar-refractivity contribution >= 4 is 0 Å². The fourth-order valence-electron chi connectivity index (χ4n) is 3.03. The van der Waals surface area contributed by atoms with Gasteiger partial charge >= 0.3 is 0 Å². The maximum atomic E-state index is 8.81. The van der Waals surface area contributed by atoms with Crippen LogP contribution in [0.25, 0.3) is 0 Å². The molecule has 2 aliphatic carbocycles. The minimum absolute atomic E-state index is 0.407. The highest BCUT2D eigenvalue weighted by Crippen LogP contribution is 2.27. The van der Waals surface area contributed by atoms with Crippen molar-refractivity contribution in [3.63, 3.8) is 0 Å². The molecular formula is C20H46O2. The Hall–Kier alpha value is -0.0800. The average molecular weight is 319 g/mol. The van der Waals surface area contributed by atoms with E-state index in [0.29, 0.717) is 12.5 Å². The summed E-state index contributed by atoms with van der Waals surface area (Å²) < 4.78 is 0. The predicted molar refractivity (Wildman–Crippen MR) is 101 cm³/mol. The van der Waals surface area contributed by atoms with Gasteiger partial charge in [0.25, 0.3) is 0 Å². The van der Waals surface area contributed by atoms with E-state index >= 15 is 0 Å². The molecule has 2 fully saturated rings. The molecule has 0 spiro atoms. The lowest BCUT2D eigenvalue weighted by Gasteiger charge is -2.24. The second-order valence-corrected chi connectivity index (χ2v) is 6.06. The summed E-state index contributed by atoms with van der Waals surface area (Å²) in [5.74, 6) is 2.51. The lowest BCUT2D eigenvalue weighted by atomic mass is 9.83. The Bertz CT molecular complexity index is 165. The van der Waals surface area contributed by atoms with Gasteiger partial charge in [0.1, 0.15) is 0 Å². The minimum atomic E-state index is 0.407. The van der Waals surface area contributed by atoms with Crippen LogP contribution in [0.4, 0.5) is 0 Å². The van der Waals surface area contributed by atoms with E-state index in [0.717, 1.165) is 18.9 Å². The molecule has 0 amide bonds. The summed E-state index contributed by atoms with van der Waals surface area (Å²) in [5, 5.41) is 15.8. The van der Waals surface area contributed by atoms with Gasteiger partial charge in [-0.3, -0.25) is 0 Å². The maximum Gasteiger partial charge on any atom is 0.0459 e. The molecule has 0 aromatic rings. The number of aliphatic hydroxyl groups excluding tert-OH is 2. The SMILES string of the molecule is CC.CC.CC1CCCC(CO)C1.CC1CCCCC1.CO. The Morgan fingerprint density at radius 2 is 1.14 bits per heavy atom. The molecule has 2 rings (SSSR count). The summed E-state index contributed by atoms with van der Waals surface area (Å²) >= 11 is 0. The number of rotatable bonds is 1. The maximum absolute atomic E-state index is 8.81. The molecule has 0 saturated heterocycles. The molecule has 0 aromatic carbocycles. The Kier molecular flexibility index (Phi) is 28.2. The van der Waals surface area contributed by atoms with Crippen molar-refractivity contribution in [2.24, 2.45) is 17.8 Å². The molecule has 2 aliphatic rings. The summed E-state index contributed by atoms with van der Waals surface area (Å²) in [6.45, 7) is 13.0. The largest absolute Gasteiger partial charge is 0.400 e. The van der Waals surface area contributed by atoms with Crippen LogP contribution in [0, 0.1) is 17.8 Å². The Labute approximate surface area is 141 Å². The van der Waals surface area contributed by atoms with Crippen molar-refractivity contribution in [1.82, 2.24) is 0 Å². The number of aliphatic hydroxyl groups is 2. The molecule has 2 nitrogen and oxygen atoms in total. The standard InChI is InChI=1S/C8H16O.C7H14.2C2H6.CH4O/c1-7-3-2-4-8(5-7)6-9;1-7-5-3-2-4-6-7;3*1-2/h7-9H,2-6H2,1H3;7H,2-6H2,1H3;2*1-2H3;2H,1H3. The predicted octanol–water partition coefficient (Wildman–Crippen LogP) is 6.05. The van der Waals surface area contributed by atoms with E-state index in [9.17, 15) is 0 Å². The van der Waals surface area contributed by atoms with Crippen LogP contribution in [0.1, 0.15) is 99.3 Å². The molecule has 2 atom stereocenters. The number of hydrogen-bond donors (Lipinski definition) is 2. The highest BCUT2D eigenvalue weighted by Gasteiger charge is 2.17. The summed E-state index contributed by atoms with van der Waals surface area (Å²) in [6.07, 6.45) is 12.6. The first-order chi connectivity index (χ1) is 10.7. The van der Waals surface area contributed by atoms with Gasteiger partial charge in [0.2, 0.25) is 0 Å². The first-order valence-corrected chi connectivity index (χ1v) is 9.78. The van der Waals surface area contributed by atoms with Gasteiger partial charge in [-0.15, -0.1) is 0 Å². The van der Waals surface area contributed by atoms with Crippen molar-refractivity contribution in [3.05, 3.63) is 0 Å². The lowest BCUT2D eigenvalue weighted by molar-refractivity contribution is 0.166. The monoisotopic (exact) mass is 318 g/mol. The van der Waals surface area contributed by atoms with Crippen LogP contribution in [-0.4, -0.2) is 23.9 Å². The van der Waals surface area contributed by atoms with Gasteiger partial charge in [-0.1, -0.05) is 86.5 Å². The van der Waals surface area contributed by atoms with Gasteiger partial charge in [0.15, 0.2) is 0 Å². The van der Waals surface area contributed by atoms with Crippen molar-refractivity contribution in [2.75, 3.05) is 13.7 Å². The molecule has 0 radical (unpaired) electrons. The Morgan fingerprint density at radius 1 is 0.682 bits per heavy atom. The van der Waals surface area contributed by atoms with E-state index in [-0.39, 0.29) is 0 Å². The first kappa shape index (κ1) is 26.8. The summed E-state index contributed by atoms with van der Waals surface area (Å²) in [6, 6.07) is 0. The topological polar surface area (TPSA) is 40.5 Å². The van der Waals surface area contributed by atoms with E-state index < -0.39 is 0 Å². The van der Waals surface area contributed by atoms with E-state index in [1.807, 2.05) is 27.7 Å². The van der Waals surface area contributed by atoms with Gasteiger partial charge < -0.3 is 10.2 Å². The Balaban J connectivity index is -0.000000249. The molecule has 0 heterocycles. The van der Waals surface area contributed by atoms with Gasteiger partial charge in [-0.05, 0) is 30.6 Å². The van der Waals surface area contributed by atoms with Crippen LogP contribution in [0.2, 0.25) is 0 Å². The van der Waals surface area contributed by atoms with Gasteiger partial charge in [0.05, 0.1) is 0 Å². The number of hydrogen-bond acceptors (Lipinski definition) is 2. The van der Waals surface area contributed by atoms with Crippen molar-refractivity contribution in [2.45, 2.75) is 99.3 Å². The molecule has 22 heavy (non-hydrogen) atoms. The van der Waals surface area contributed by atoms with Gasteiger partial charge in [-0.25, -0.2) is 0 Å². The van der Waals surface area contributed by atoms with E-state index in [1.54, 1.807) is 0 Å². The van der Waals surface area contributed by atoms with Crippen LogP contribution < -0.4 is 0 Å². The molecule has 2 N–H and O–H groups in total. The van der Waals surface area contributed by atoms with Crippen molar-refractivity contribution < 1.29 is 10.2 Å². The van der Waals surface area contributed by atoms with E-state index in [2.05, 4.69) is 13.8 Å². The lowest BCUT2D eigenvalue weighted by Crippen LogP contribution is -2.15. The van der Waals surface area contributed by atoms with Crippen LogP contribution in [0.5, 0.6) is 0 Å². The minimum Gasteiger partial charge on any atom is -0.400 e. The summed E-state index contributed by atoms with van der Waals surface area (Å²) in [5.41, 5.74) is 0. The van der Waals surface area contributed by atoms with Crippen molar-refractivity contribution in [3.8, 4) is 0 Å². The smallest absolute Gasteiger partial charge is 0.0459 e. The second-order valence-electron chi connectivity index (χ2n) is 6.06. The van der Waals surface area contributed by atoms with E-state index in [1.165, 1.54) is 57.8 Å². The van der Waals surface area contributed by atoms with Gasteiger partial charge in [0, 0.05) is 13.7 Å². The van der Waals surface area contributed by atoms with Crippen LogP contribution >= 0.6 is 0 Å². The second kappa shape index (κ2) is 23.2. The fourth-order valence-corrected chi connectivity index (χ4v) is 3.03. The normalized spacial score (nSPS) is 23.9. The highest BCUT2D eigenvalue weighted by molar-refractivity contribution is 4.69. The van der Waals surface area contributed by atoms with Crippen LogP contribution in [-0.2, 0) is 0 Å². The molecule has 2 saturated carbocycles. The Morgan fingerprint density at radius 3 is 1.41 bits per heavy atom. The summed E-state index contributed by atoms with van der Waals surface area (Å²) in [4.78, 5) is 0. The zero-order valence-corrected chi connectivity index (χ0v) is 16.7. The molecule has 0 aliphatic heterocycles. The molecule has 138 valence electrons. The van der Waals surface area contributed by atoms with Crippen LogP contribution in [0.15, 0.2) is 0 Å². The molecular weight excluding hydrogens is 272 g/mol. The third-order valence-corrected chi connectivity index (χ3v) is 4.20. The molecule has 2 heteroatoms. The molecule has 0 aromatic heterocycles. The zero-order valence-electron chi connectivity index (χ0n) is 16.7. The molecule has 0 bridgehead atoms. The highest BCUT2D eigenvalue weighted by atomic mass is 16.3. The third-order valence-electron chi connectivity index (χ3n) is 4.20. The zero-order chi connectivity index (χ0) is 17.8. The average Bonchev–Trinajstić information content (AvgIpc) is 2.61. The first-order valence-electron chi connectivity index (χ1n) is 9.78. The van der Waals surface area contributed by atoms with Crippen molar-refractivity contribution in [1.29, 1.82) is 0 Å². The van der Waals surface area contributed by atoms with E-state index in [4.69, 9.17) is 10.2 Å². The van der Waals surface area contributed by atoms with Crippen LogP contribution in [0.3, 0.4) is 0 Å². The van der Waals surface area contributed by atoms with Gasteiger partial charge in [-0.2, -0.15) is 0 Å². The third kappa shape index (κ3) is 18.0.